The van der Waals surface area contributed by atoms with Crippen molar-refractivity contribution in [3.63, 3.8) is 0 Å². The fraction of sp³-hybridized carbons (Fsp3) is 0.412. The molecule has 4 nitrogen and oxygen atoms in total. The van der Waals surface area contributed by atoms with Crippen LogP contribution in [0.2, 0.25) is 0 Å². The van der Waals surface area contributed by atoms with E-state index < -0.39 is 0 Å². The molecule has 2 rings (SSSR count). The standard InChI is InChI=1S/C9H13NO.C6H7NO.C2H6/c1-7(2)8-4-5-10-6-9(8)11-3;1-8-6-4-2-3-5-7-6;1-2/h4-7H,1-3H3;2-5H,1H3;1-2H3. The molecule has 0 atom stereocenters. The van der Waals surface area contributed by atoms with E-state index in [9.17, 15) is 0 Å². The van der Waals surface area contributed by atoms with E-state index in [0.717, 1.165) is 5.75 Å². The van der Waals surface area contributed by atoms with Crippen molar-refractivity contribution in [2.45, 2.75) is 33.6 Å². The molecule has 21 heavy (non-hydrogen) atoms. The number of rotatable bonds is 3. The molecule has 0 fully saturated rings. The quantitative estimate of drug-likeness (QED) is 0.844. The summed E-state index contributed by atoms with van der Waals surface area (Å²) < 4.78 is 9.95. The van der Waals surface area contributed by atoms with Gasteiger partial charge in [0.05, 0.1) is 20.4 Å². The van der Waals surface area contributed by atoms with Crippen LogP contribution in [0.3, 0.4) is 0 Å². The van der Waals surface area contributed by atoms with Crippen molar-refractivity contribution in [2.75, 3.05) is 14.2 Å². The van der Waals surface area contributed by atoms with Crippen LogP contribution in [0, 0.1) is 0 Å². The van der Waals surface area contributed by atoms with E-state index in [-0.39, 0.29) is 0 Å². The second-order valence-corrected chi connectivity index (χ2v) is 4.14. The van der Waals surface area contributed by atoms with Crippen molar-refractivity contribution in [1.29, 1.82) is 0 Å². The van der Waals surface area contributed by atoms with Gasteiger partial charge in [-0.25, -0.2) is 4.98 Å². The van der Waals surface area contributed by atoms with Gasteiger partial charge in [-0.3, -0.25) is 4.98 Å². The van der Waals surface area contributed by atoms with Crippen molar-refractivity contribution in [3.05, 3.63) is 48.4 Å². The molecule has 0 N–H and O–H groups in total. The molecule has 0 radical (unpaired) electrons. The lowest BCUT2D eigenvalue weighted by molar-refractivity contribution is 0.398. The molecule has 116 valence electrons. The first-order chi connectivity index (χ1) is 10.2. The molecule has 0 unspecified atom stereocenters. The molecule has 4 heteroatoms. The Bertz CT molecular complexity index is 473. The lowest BCUT2D eigenvalue weighted by Crippen LogP contribution is -1.94. The minimum Gasteiger partial charge on any atom is -0.495 e. The van der Waals surface area contributed by atoms with Crippen LogP contribution in [-0.2, 0) is 0 Å². The van der Waals surface area contributed by atoms with Gasteiger partial charge in [0, 0.05) is 18.5 Å². The number of aromatic nitrogens is 2. The highest BCUT2D eigenvalue weighted by Gasteiger charge is 2.04. The molecule has 0 aliphatic rings. The van der Waals surface area contributed by atoms with E-state index in [1.807, 2.05) is 32.0 Å². The average Bonchev–Trinajstić information content (AvgIpc) is 2.58. The van der Waals surface area contributed by atoms with Crippen molar-refractivity contribution in [3.8, 4) is 11.6 Å². The number of nitrogens with zero attached hydrogens (tertiary/aromatic N) is 2. The molecule has 0 aromatic carbocycles. The predicted molar refractivity (Wildman–Crippen MR) is 87.0 cm³/mol. The molecule has 0 saturated carbocycles. The lowest BCUT2D eigenvalue weighted by atomic mass is 10.0. The Balaban J connectivity index is 0.000000354. The maximum Gasteiger partial charge on any atom is 0.212 e. The zero-order valence-corrected chi connectivity index (χ0v) is 13.8. The molecule has 0 spiro atoms. The Morgan fingerprint density at radius 1 is 0.952 bits per heavy atom. The van der Waals surface area contributed by atoms with E-state index in [1.54, 1.807) is 38.9 Å². The fourth-order valence-corrected chi connectivity index (χ4v) is 1.51. The number of hydrogen-bond acceptors (Lipinski definition) is 4. The summed E-state index contributed by atoms with van der Waals surface area (Å²) in [7, 11) is 3.27. The summed E-state index contributed by atoms with van der Waals surface area (Å²) in [5.41, 5.74) is 1.21. The molecule has 2 aromatic rings. The molecule has 0 amide bonds. The Kier molecular flexibility index (Phi) is 10.5. The summed E-state index contributed by atoms with van der Waals surface area (Å²) in [6.07, 6.45) is 5.23. The highest BCUT2D eigenvalue weighted by atomic mass is 16.5. The highest BCUT2D eigenvalue weighted by molar-refractivity contribution is 5.32. The Morgan fingerprint density at radius 2 is 1.67 bits per heavy atom. The Hall–Kier alpha value is -2.10. The van der Waals surface area contributed by atoms with Crippen molar-refractivity contribution >= 4 is 0 Å². The monoisotopic (exact) mass is 290 g/mol. The number of methoxy groups -OCH3 is 2. The van der Waals surface area contributed by atoms with Gasteiger partial charge in [0.1, 0.15) is 5.75 Å². The average molecular weight is 290 g/mol. The maximum absolute atomic E-state index is 5.14. The van der Waals surface area contributed by atoms with Crippen LogP contribution in [0.1, 0.15) is 39.2 Å². The zero-order valence-electron chi connectivity index (χ0n) is 13.8. The molecule has 0 saturated heterocycles. The van der Waals surface area contributed by atoms with E-state index in [1.165, 1.54) is 5.56 Å². The largest absolute Gasteiger partial charge is 0.495 e. The first-order valence-electron chi connectivity index (χ1n) is 7.12. The molecule has 2 heterocycles. The smallest absolute Gasteiger partial charge is 0.212 e. The third-order valence-corrected chi connectivity index (χ3v) is 2.51. The summed E-state index contributed by atoms with van der Waals surface area (Å²) in [6, 6.07) is 7.53. The van der Waals surface area contributed by atoms with Crippen molar-refractivity contribution in [2.24, 2.45) is 0 Å². The topological polar surface area (TPSA) is 44.2 Å². The van der Waals surface area contributed by atoms with Crippen LogP contribution in [0.5, 0.6) is 11.6 Å². The Labute approximate surface area is 128 Å². The van der Waals surface area contributed by atoms with Crippen LogP contribution >= 0.6 is 0 Å². The molecule has 2 aromatic heterocycles. The van der Waals surface area contributed by atoms with Gasteiger partial charge < -0.3 is 9.47 Å². The Morgan fingerprint density at radius 3 is 2.05 bits per heavy atom. The van der Waals surface area contributed by atoms with Crippen LogP contribution in [-0.4, -0.2) is 24.2 Å². The van der Waals surface area contributed by atoms with Gasteiger partial charge in [-0.2, -0.15) is 0 Å². The van der Waals surface area contributed by atoms with E-state index in [0.29, 0.717) is 11.8 Å². The fourth-order valence-electron chi connectivity index (χ4n) is 1.51. The van der Waals surface area contributed by atoms with Gasteiger partial charge in [0.15, 0.2) is 0 Å². The molecule has 0 aliphatic carbocycles. The second kappa shape index (κ2) is 11.7. The van der Waals surface area contributed by atoms with Crippen molar-refractivity contribution < 1.29 is 9.47 Å². The SMILES string of the molecule is CC.COc1ccccn1.COc1cnccc1C(C)C. The van der Waals surface area contributed by atoms with Gasteiger partial charge >= 0.3 is 0 Å². The summed E-state index contributed by atoms with van der Waals surface area (Å²) in [6.45, 7) is 8.27. The van der Waals surface area contributed by atoms with Crippen molar-refractivity contribution in [1.82, 2.24) is 9.97 Å². The molecule has 0 aliphatic heterocycles. The molecular weight excluding hydrogens is 264 g/mol. The first kappa shape index (κ1) is 18.9. The van der Waals surface area contributed by atoms with Gasteiger partial charge in [-0.1, -0.05) is 33.8 Å². The lowest BCUT2D eigenvalue weighted by Gasteiger charge is -2.09. The van der Waals surface area contributed by atoms with Gasteiger partial charge in [0.25, 0.3) is 0 Å². The van der Waals surface area contributed by atoms with Gasteiger partial charge in [-0.05, 0) is 23.6 Å². The summed E-state index contributed by atoms with van der Waals surface area (Å²) in [4.78, 5) is 7.85. The second-order valence-electron chi connectivity index (χ2n) is 4.14. The number of hydrogen-bond donors (Lipinski definition) is 0. The van der Waals surface area contributed by atoms with E-state index in [2.05, 4.69) is 23.8 Å². The highest BCUT2D eigenvalue weighted by Crippen LogP contribution is 2.23. The maximum atomic E-state index is 5.14. The third-order valence-electron chi connectivity index (χ3n) is 2.51. The first-order valence-corrected chi connectivity index (χ1v) is 7.12. The van der Waals surface area contributed by atoms with Gasteiger partial charge in [0.2, 0.25) is 5.88 Å². The minimum atomic E-state index is 0.493. The van der Waals surface area contributed by atoms with Gasteiger partial charge in [-0.15, -0.1) is 0 Å². The zero-order chi connectivity index (χ0) is 16.1. The summed E-state index contributed by atoms with van der Waals surface area (Å²) in [5, 5.41) is 0. The van der Waals surface area contributed by atoms with E-state index >= 15 is 0 Å². The predicted octanol–water partition coefficient (Wildman–Crippen LogP) is 4.33. The summed E-state index contributed by atoms with van der Waals surface area (Å²) in [5.74, 6) is 2.03. The number of ether oxygens (including phenoxy) is 2. The van der Waals surface area contributed by atoms with Crippen LogP contribution in [0.15, 0.2) is 42.9 Å². The summed E-state index contributed by atoms with van der Waals surface area (Å²) >= 11 is 0. The van der Waals surface area contributed by atoms with E-state index in [4.69, 9.17) is 9.47 Å². The number of pyridine rings is 2. The normalized spacial score (nSPS) is 8.90. The van der Waals surface area contributed by atoms with Crippen LogP contribution in [0.4, 0.5) is 0 Å². The third kappa shape index (κ3) is 7.30. The van der Waals surface area contributed by atoms with Crippen LogP contribution < -0.4 is 9.47 Å². The minimum absolute atomic E-state index is 0.493. The van der Waals surface area contributed by atoms with Crippen LogP contribution in [0.25, 0.3) is 0 Å². The molecule has 0 bridgehead atoms. The molecular formula is C17H26N2O2.